The average molecular weight is 474 g/mol. The van der Waals surface area contributed by atoms with Crippen LogP contribution in [0.2, 0.25) is 0 Å². The first-order valence-corrected chi connectivity index (χ1v) is 12.7. The molecule has 0 bridgehead atoms. The molecule has 6 rings (SSSR count). The third-order valence-corrected chi connectivity index (χ3v) is 7.19. The number of fused-ring (bicyclic) bond motifs is 2. The van der Waals surface area contributed by atoms with Crippen molar-refractivity contribution in [2.24, 2.45) is 0 Å². The number of halogens is 1. The molecule has 35 heavy (non-hydrogen) atoms. The van der Waals surface area contributed by atoms with E-state index in [4.69, 9.17) is 9.72 Å². The van der Waals surface area contributed by atoms with Gasteiger partial charge in [-0.3, -0.25) is 0 Å². The first kappa shape index (κ1) is 22.3. The molecule has 1 fully saturated rings. The minimum absolute atomic E-state index is 0.0606. The Bertz CT molecular complexity index is 1270. The van der Waals surface area contributed by atoms with Crippen molar-refractivity contribution in [1.29, 1.82) is 0 Å². The summed E-state index contributed by atoms with van der Waals surface area (Å²) in [6, 6.07) is 10.3. The quantitative estimate of drug-likeness (QED) is 0.507. The summed E-state index contributed by atoms with van der Waals surface area (Å²) in [7, 11) is 0. The van der Waals surface area contributed by atoms with Gasteiger partial charge in [-0.2, -0.15) is 0 Å². The maximum Gasteiger partial charge on any atom is 0.227 e. The molecule has 182 valence electrons. The van der Waals surface area contributed by atoms with Crippen molar-refractivity contribution in [1.82, 2.24) is 15.3 Å². The molecule has 6 nitrogen and oxygen atoms in total. The van der Waals surface area contributed by atoms with E-state index in [-0.39, 0.29) is 18.0 Å². The lowest BCUT2D eigenvalue weighted by atomic mass is 10.0. The highest BCUT2D eigenvalue weighted by molar-refractivity contribution is 5.75. The fraction of sp³-hybridized carbons (Fsp3) is 0.429. The van der Waals surface area contributed by atoms with Crippen LogP contribution >= 0.6 is 0 Å². The maximum absolute atomic E-state index is 15.4. The van der Waals surface area contributed by atoms with Gasteiger partial charge in [0.05, 0.1) is 17.9 Å². The molecule has 2 N–H and O–H groups in total. The number of nitrogens with zero attached hydrogens (tertiary/aromatic N) is 3. The van der Waals surface area contributed by atoms with E-state index in [0.29, 0.717) is 17.6 Å². The number of ether oxygens (including phenoxy) is 1. The van der Waals surface area contributed by atoms with Crippen LogP contribution in [0, 0.1) is 5.82 Å². The molecule has 3 aromatic rings. The van der Waals surface area contributed by atoms with Crippen molar-refractivity contribution in [3.63, 3.8) is 0 Å². The Hall–Kier alpha value is -3.19. The van der Waals surface area contributed by atoms with E-state index in [1.54, 1.807) is 6.07 Å². The molecule has 7 heteroatoms. The first-order chi connectivity index (χ1) is 17.0. The summed E-state index contributed by atoms with van der Waals surface area (Å²) in [4.78, 5) is 11.8. The van der Waals surface area contributed by atoms with Crippen LogP contribution in [0.1, 0.15) is 56.2 Å². The van der Waals surface area contributed by atoms with Gasteiger partial charge in [0.15, 0.2) is 11.6 Å². The summed E-state index contributed by atoms with van der Waals surface area (Å²) in [5.74, 6) is 0.965. The Morgan fingerprint density at radius 3 is 2.83 bits per heavy atom. The lowest BCUT2D eigenvalue weighted by molar-refractivity contribution is 0.199. The van der Waals surface area contributed by atoms with Crippen molar-refractivity contribution < 1.29 is 9.13 Å². The Balaban J connectivity index is 1.39. The number of hydrogen-bond acceptors (Lipinski definition) is 6. The SMILES string of the molecule is CC1CN(C(C)C)c2cc(-c3nc(Nc4ccc5c(c4)CCNC5)ncc3C3CC3)cc(F)c2O1. The van der Waals surface area contributed by atoms with E-state index in [1.807, 2.05) is 19.2 Å². The molecule has 0 amide bonds. The van der Waals surface area contributed by atoms with Gasteiger partial charge in [-0.25, -0.2) is 14.4 Å². The molecule has 3 aliphatic rings. The minimum Gasteiger partial charge on any atom is -0.484 e. The fourth-order valence-corrected chi connectivity index (χ4v) is 5.21. The summed E-state index contributed by atoms with van der Waals surface area (Å²) in [6.45, 7) is 8.87. The molecule has 1 aliphatic carbocycles. The number of benzene rings is 2. The lowest BCUT2D eigenvalue weighted by Gasteiger charge is -2.38. The predicted octanol–water partition coefficient (Wildman–Crippen LogP) is 5.55. The van der Waals surface area contributed by atoms with Crippen LogP contribution < -0.4 is 20.3 Å². The van der Waals surface area contributed by atoms with Crippen molar-refractivity contribution in [3.8, 4) is 17.0 Å². The van der Waals surface area contributed by atoms with Gasteiger partial charge in [0.1, 0.15) is 6.10 Å². The van der Waals surface area contributed by atoms with Gasteiger partial charge in [-0.15, -0.1) is 0 Å². The molecule has 2 aromatic carbocycles. The lowest BCUT2D eigenvalue weighted by Crippen LogP contribution is -2.42. The molecular formula is C28H32FN5O. The standard InChI is InChI=1S/C28H32FN5O/c1-16(2)34-15-17(3)35-27-24(29)11-21(12-25(27)34)26-23(18-4-5-18)14-31-28(33-26)32-22-7-6-20-13-30-9-8-19(20)10-22/h6-7,10-12,14,16-18,30H,4-5,8-9,13,15H2,1-3H3,(H,31,32,33). The van der Waals surface area contributed by atoms with E-state index in [0.717, 1.165) is 67.1 Å². The summed E-state index contributed by atoms with van der Waals surface area (Å²) in [5, 5.41) is 6.80. The van der Waals surface area contributed by atoms with Gasteiger partial charge in [-0.05, 0) is 87.9 Å². The summed E-state index contributed by atoms with van der Waals surface area (Å²) < 4.78 is 21.3. The van der Waals surface area contributed by atoms with E-state index in [9.17, 15) is 0 Å². The first-order valence-electron chi connectivity index (χ1n) is 12.7. The molecule has 2 aliphatic heterocycles. The van der Waals surface area contributed by atoms with Gasteiger partial charge in [0.2, 0.25) is 5.95 Å². The predicted molar refractivity (Wildman–Crippen MR) is 137 cm³/mol. The Morgan fingerprint density at radius 1 is 1.17 bits per heavy atom. The molecule has 1 saturated carbocycles. The highest BCUT2D eigenvalue weighted by atomic mass is 19.1. The smallest absolute Gasteiger partial charge is 0.227 e. The zero-order chi connectivity index (χ0) is 24.1. The monoisotopic (exact) mass is 473 g/mol. The van der Waals surface area contributed by atoms with Crippen molar-refractivity contribution in [2.45, 2.75) is 64.6 Å². The summed E-state index contributed by atoms with van der Waals surface area (Å²) in [5.41, 5.74) is 7.12. The molecule has 1 aromatic heterocycles. The zero-order valence-electron chi connectivity index (χ0n) is 20.6. The maximum atomic E-state index is 15.4. The Kier molecular flexibility index (Phi) is 5.60. The van der Waals surface area contributed by atoms with E-state index < -0.39 is 0 Å². The highest BCUT2D eigenvalue weighted by Gasteiger charge is 2.31. The second kappa shape index (κ2) is 8.79. The molecule has 3 heterocycles. The van der Waals surface area contributed by atoms with Gasteiger partial charge >= 0.3 is 0 Å². The van der Waals surface area contributed by atoms with Gasteiger partial charge in [0, 0.05) is 35.6 Å². The third-order valence-electron chi connectivity index (χ3n) is 7.19. The van der Waals surface area contributed by atoms with Gasteiger partial charge in [-0.1, -0.05) is 6.07 Å². The van der Waals surface area contributed by atoms with Gasteiger partial charge in [0.25, 0.3) is 0 Å². The largest absolute Gasteiger partial charge is 0.484 e. The molecule has 1 atom stereocenters. The minimum atomic E-state index is -0.340. The van der Waals surface area contributed by atoms with Crippen LogP contribution in [0.4, 0.5) is 21.7 Å². The van der Waals surface area contributed by atoms with Gasteiger partial charge < -0.3 is 20.3 Å². The van der Waals surface area contributed by atoms with Crippen LogP contribution in [0.15, 0.2) is 36.5 Å². The van der Waals surface area contributed by atoms with Crippen LogP contribution in [0.3, 0.4) is 0 Å². The second-order valence-corrected chi connectivity index (χ2v) is 10.3. The highest BCUT2D eigenvalue weighted by Crippen LogP contribution is 2.46. The molecule has 0 spiro atoms. The summed E-state index contributed by atoms with van der Waals surface area (Å²) >= 11 is 0. The molecule has 0 saturated heterocycles. The molecule has 1 unspecified atom stereocenters. The summed E-state index contributed by atoms with van der Waals surface area (Å²) in [6.07, 6.45) is 5.11. The fourth-order valence-electron chi connectivity index (χ4n) is 5.21. The van der Waals surface area contributed by atoms with Crippen LogP contribution in [0.5, 0.6) is 5.75 Å². The van der Waals surface area contributed by atoms with E-state index >= 15 is 4.39 Å². The third kappa shape index (κ3) is 4.33. The normalized spacial score (nSPS) is 19.2. The van der Waals surface area contributed by atoms with Crippen LogP contribution in [-0.4, -0.2) is 35.2 Å². The number of rotatable bonds is 5. The topological polar surface area (TPSA) is 62.3 Å². The average Bonchev–Trinajstić information content (AvgIpc) is 3.69. The van der Waals surface area contributed by atoms with E-state index in [2.05, 4.69) is 52.6 Å². The number of anilines is 3. The zero-order valence-corrected chi connectivity index (χ0v) is 20.6. The van der Waals surface area contributed by atoms with Crippen LogP contribution in [0.25, 0.3) is 11.3 Å². The van der Waals surface area contributed by atoms with Crippen LogP contribution in [-0.2, 0) is 13.0 Å². The Labute approximate surface area is 205 Å². The van der Waals surface area contributed by atoms with Crippen molar-refractivity contribution in [3.05, 3.63) is 59.0 Å². The van der Waals surface area contributed by atoms with Crippen molar-refractivity contribution in [2.75, 3.05) is 23.3 Å². The number of aromatic nitrogens is 2. The number of nitrogens with one attached hydrogen (secondary N) is 2. The Morgan fingerprint density at radius 2 is 2.03 bits per heavy atom. The molecular weight excluding hydrogens is 441 g/mol. The second-order valence-electron chi connectivity index (χ2n) is 10.3. The van der Waals surface area contributed by atoms with Crippen molar-refractivity contribution >= 4 is 17.3 Å². The number of hydrogen-bond donors (Lipinski definition) is 2. The van der Waals surface area contributed by atoms with E-state index in [1.165, 1.54) is 11.1 Å². The molecule has 0 radical (unpaired) electrons.